The molecule has 3 N–H and O–H groups in total. The van der Waals surface area contributed by atoms with Crippen LogP contribution < -0.4 is 15.2 Å². The molecule has 2 rings (SSSR count). The molecule has 106 valence electrons. The van der Waals surface area contributed by atoms with Crippen LogP contribution in [0.15, 0.2) is 36.9 Å². The first-order chi connectivity index (χ1) is 9.70. The summed E-state index contributed by atoms with van der Waals surface area (Å²) in [4.78, 5) is 3.98. The predicted octanol–water partition coefficient (Wildman–Crippen LogP) is 1.64. The molecule has 0 aliphatic heterocycles. The lowest BCUT2D eigenvalue weighted by molar-refractivity contribution is 0.282. The summed E-state index contributed by atoms with van der Waals surface area (Å²) in [5.41, 5.74) is 6.06. The lowest BCUT2D eigenvalue weighted by Crippen LogP contribution is -2.11. The highest BCUT2D eigenvalue weighted by Crippen LogP contribution is 2.28. The van der Waals surface area contributed by atoms with Crippen LogP contribution in [-0.2, 0) is 6.54 Å². The molecule has 0 atom stereocenters. The fourth-order valence-corrected chi connectivity index (χ4v) is 1.80. The number of aromatic nitrogens is 2. The number of hydrogen-bond acceptors (Lipinski definition) is 4. The van der Waals surface area contributed by atoms with Gasteiger partial charge in [0.1, 0.15) is 5.84 Å². The fourth-order valence-electron chi connectivity index (χ4n) is 1.80. The highest BCUT2D eigenvalue weighted by atomic mass is 16.5. The zero-order valence-electron chi connectivity index (χ0n) is 11.4. The zero-order chi connectivity index (χ0) is 14.4. The van der Waals surface area contributed by atoms with E-state index in [4.69, 9.17) is 20.6 Å². The molecule has 0 saturated carbocycles. The highest BCUT2D eigenvalue weighted by molar-refractivity contribution is 5.95. The fraction of sp³-hybridized carbons (Fsp3) is 0.286. The Morgan fingerprint density at radius 1 is 1.40 bits per heavy atom. The average molecular weight is 274 g/mol. The van der Waals surface area contributed by atoms with Gasteiger partial charge in [-0.15, -0.1) is 0 Å². The van der Waals surface area contributed by atoms with Crippen molar-refractivity contribution in [2.75, 3.05) is 13.7 Å². The quantitative estimate of drug-likeness (QED) is 0.456. The van der Waals surface area contributed by atoms with Crippen molar-refractivity contribution >= 4 is 5.84 Å². The number of aryl methyl sites for hydroxylation is 1. The maximum absolute atomic E-state index is 7.40. The Morgan fingerprint density at radius 2 is 2.25 bits per heavy atom. The van der Waals surface area contributed by atoms with Crippen LogP contribution in [0.25, 0.3) is 0 Å². The van der Waals surface area contributed by atoms with Gasteiger partial charge in [0, 0.05) is 24.5 Å². The number of rotatable bonds is 7. The molecular weight excluding hydrogens is 256 g/mol. The molecule has 0 unspecified atom stereocenters. The molecular formula is C14H18N4O2. The molecule has 0 aliphatic rings. The number of nitrogens with two attached hydrogens (primary N) is 1. The van der Waals surface area contributed by atoms with Crippen LogP contribution in [0.5, 0.6) is 11.5 Å². The normalized spacial score (nSPS) is 10.2. The number of ether oxygens (including phenoxy) is 2. The van der Waals surface area contributed by atoms with E-state index in [-0.39, 0.29) is 5.84 Å². The Hall–Kier alpha value is -2.50. The van der Waals surface area contributed by atoms with Gasteiger partial charge in [-0.1, -0.05) is 0 Å². The largest absolute Gasteiger partial charge is 0.493 e. The number of nitrogens with one attached hydrogen (secondary N) is 1. The molecule has 0 amide bonds. The second kappa shape index (κ2) is 6.60. The minimum absolute atomic E-state index is 0.00922. The smallest absolute Gasteiger partial charge is 0.161 e. The maximum Gasteiger partial charge on any atom is 0.161 e. The Morgan fingerprint density at radius 3 is 2.90 bits per heavy atom. The minimum atomic E-state index is 0.00922. The number of methoxy groups -OCH3 is 1. The van der Waals surface area contributed by atoms with Gasteiger partial charge in [0.05, 0.1) is 20.0 Å². The van der Waals surface area contributed by atoms with Gasteiger partial charge in [0.15, 0.2) is 11.5 Å². The Kier molecular flexibility index (Phi) is 4.60. The first kappa shape index (κ1) is 13.9. The van der Waals surface area contributed by atoms with Gasteiger partial charge in [-0.05, 0) is 24.6 Å². The van der Waals surface area contributed by atoms with Gasteiger partial charge in [-0.2, -0.15) is 0 Å². The van der Waals surface area contributed by atoms with Crippen molar-refractivity contribution in [1.82, 2.24) is 9.55 Å². The molecule has 1 aromatic heterocycles. The van der Waals surface area contributed by atoms with E-state index in [2.05, 4.69) is 4.98 Å². The van der Waals surface area contributed by atoms with E-state index in [1.54, 1.807) is 37.8 Å². The summed E-state index contributed by atoms with van der Waals surface area (Å²) < 4.78 is 12.9. The standard InChI is InChI=1S/C14H18N4O2/c1-19-13-9-11(14(15)16)3-4-12(13)20-8-2-6-18-7-5-17-10-18/h3-5,7,9-10H,2,6,8H2,1H3,(H3,15,16). The molecule has 1 heterocycles. The number of nitrogen functional groups attached to an aromatic ring is 1. The van der Waals surface area contributed by atoms with Crippen molar-refractivity contribution in [3.05, 3.63) is 42.5 Å². The molecule has 0 fully saturated rings. The van der Waals surface area contributed by atoms with Crippen LogP contribution in [0, 0.1) is 5.41 Å². The van der Waals surface area contributed by atoms with Crippen LogP contribution >= 0.6 is 0 Å². The molecule has 0 aliphatic carbocycles. The third kappa shape index (κ3) is 3.50. The monoisotopic (exact) mass is 274 g/mol. The predicted molar refractivity (Wildman–Crippen MR) is 76.3 cm³/mol. The SMILES string of the molecule is COc1cc(C(=N)N)ccc1OCCCn1ccnc1. The Bertz CT molecular complexity index is 567. The van der Waals surface area contributed by atoms with E-state index in [1.165, 1.54) is 0 Å². The molecule has 20 heavy (non-hydrogen) atoms. The summed E-state index contributed by atoms with van der Waals surface area (Å²) >= 11 is 0. The summed E-state index contributed by atoms with van der Waals surface area (Å²) in [6, 6.07) is 5.22. The molecule has 6 heteroatoms. The summed E-state index contributed by atoms with van der Waals surface area (Å²) in [5, 5.41) is 7.40. The maximum atomic E-state index is 7.40. The van der Waals surface area contributed by atoms with E-state index in [0.29, 0.717) is 23.7 Å². The van der Waals surface area contributed by atoms with Crippen molar-refractivity contribution in [2.24, 2.45) is 5.73 Å². The van der Waals surface area contributed by atoms with Gasteiger partial charge >= 0.3 is 0 Å². The number of amidine groups is 1. The van der Waals surface area contributed by atoms with Crippen LogP contribution in [-0.4, -0.2) is 29.1 Å². The summed E-state index contributed by atoms with van der Waals surface area (Å²) in [6.45, 7) is 1.43. The zero-order valence-corrected chi connectivity index (χ0v) is 11.4. The van der Waals surface area contributed by atoms with Crippen LogP contribution in [0.2, 0.25) is 0 Å². The lowest BCUT2D eigenvalue weighted by Gasteiger charge is -2.12. The molecule has 1 aromatic carbocycles. The number of imidazole rings is 1. The van der Waals surface area contributed by atoms with Crippen molar-refractivity contribution in [3.63, 3.8) is 0 Å². The van der Waals surface area contributed by atoms with Gasteiger partial charge in [-0.3, -0.25) is 5.41 Å². The Balaban J connectivity index is 1.90. The number of benzene rings is 1. The van der Waals surface area contributed by atoms with E-state index in [0.717, 1.165) is 13.0 Å². The molecule has 2 aromatic rings. The first-order valence-electron chi connectivity index (χ1n) is 6.31. The molecule has 0 bridgehead atoms. The number of hydrogen-bond donors (Lipinski definition) is 2. The molecule has 0 spiro atoms. The molecule has 0 saturated heterocycles. The van der Waals surface area contributed by atoms with Crippen LogP contribution in [0.1, 0.15) is 12.0 Å². The topological polar surface area (TPSA) is 86.1 Å². The van der Waals surface area contributed by atoms with E-state index in [9.17, 15) is 0 Å². The van der Waals surface area contributed by atoms with Crippen LogP contribution in [0.4, 0.5) is 0 Å². The minimum Gasteiger partial charge on any atom is -0.493 e. The van der Waals surface area contributed by atoms with Gasteiger partial charge < -0.3 is 19.8 Å². The van der Waals surface area contributed by atoms with Gasteiger partial charge in [0.25, 0.3) is 0 Å². The van der Waals surface area contributed by atoms with Crippen molar-refractivity contribution < 1.29 is 9.47 Å². The van der Waals surface area contributed by atoms with E-state index >= 15 is 0 Å². The highest BCUT2D eigenvalue weighted by Gasteiger charge is 2.07. The van der Waals surface area contributed by atoms with Crippen LogP contribution in [0.3, 0.4) is 0 Å². The number of nitrogens with zero attached hydrogens (tertiary/aromatic N) is 2. The van der Waals surface area contributed by atoms with Crippen molar-refractivity contribution in [1.29, 1.82) is 5.41 Å². The lowest BCUT2D eigenvalue weighted by atomic mass is 10.2. The molecule has 6 nitrogen and oxygen atoms in total. The van der Waals surface area contributed by atoms with Gasteiger partial charge in [0.2, 0.25) is 0 Å². The van der Waals surface area contributed by atoms with Crippen molar-refractivity contribution in [2.45, 2.75) is 13.0 Å². The second-order valence-electron chi connectivity index (χ2n) is 4.28. The summed E-state index contributed by atoms with van der Waals surface area (Å²) in [5.74, 6) is 1.25. The summed E-state index contributed by atoms with van der Waals surface area (Å²) in [7, 11) is 1.57. The van der Waals surface area contributed by atoms with Crippen molar-refractivity contribution in [3.8, 4) is 11.5 Å². The van der Waals surface area contributed by atoms with E-state index < -0.39 is 0 Å². The second-order valence-corrected chi connectivity index (χ2v) is 4.28. The third-order valence-electron chi connectivity index (χ3n) is 2.85. The first-order valence-corrected chi connectivity index (χ1v) is 6.31. The van der Waals surface area contributed by atoms with E-state index in [1.807, 2.05) is 10.8 Å². The molecule has 0 radical (unpaired) electrons. The summed E-state index contributed by atoms with van der Waals surface area (Å²) in [6.07, 6.45) is 6.32. The third-order valence-corrected chi connectivity index (χ3v) is 2.85. The Labute approximate surface area is 117 Å². The van der Waals surface area contributed by atoms with Gasteiger partial charge in [-0.25, -0.2) is 4.98 Å². The average Bonchev–Trinajstić information content (AvgIpc) is 2.96.